The molecule has 0 aliphatic heterocycles. The molecule has 2 aliphatic rings. The molecule has 0 spiro atoms. The normalized spacial score (nSPS) is 40.2. The van der Waals surface area contributed by atoms with Crippen molar-refractivity contribution in [2.24, 2.45) is 22.7 Å². The summed E-state index contributed by atoms with van der Waals surface area (Å²) in [5.74, 6) is 1.77. The Kier molecular flexibility index (Phi) is 3.15. The lowest BCUT2D eigenvalue weighted by molar-refractivity contribution is -0.111. The van der Waals surface area contributed by atoms with E-state index in [0.29, 0.717) is 17.3 Å². The quantitative estimate of drug-likeness (QED) is 0.733. The molecule has 2 aliphatic carbocycles. The monoisotopic (exact) mass is 240 g/mol. The molecular weight excluding hydrogens is 216 g/mol. The van der Waals surface area contributed by atoms with Crippen LogP contribution in [0, 0.1) is 22.7 Å². The minimum atomic E-state index is 0.0487. The topological polar surface area (TPSA) is 17.1 Å². The summed E-state index contributed by atoms with van der Waals surface area (Å²) in [6, 6.07) is 0. The molecule has 0 heterocycles. The number of hydrogen-bond donors (Lipinski definition) is 1. The van der Waals surface area contributed by atoms with Crippen LogP contribution in [-0.2, 0) is 4.79 Å². The molecule has 0 N–H and O–H groups in total. The van der Waals surface area contributed by atoms with Crippen molar-refractivity contribution in [3.63, 3.8) is 0 Å². The molecular formula is C14H24OS. The second-order valence-electron chi connectivity index (χ2n) is 6.59. The minimum Gasteiger partial charge on any atom is -0.288 e. The Balaban J connectivity index is 1.96. The molecule has 2 heteroatoms. The van der Waals surface area contributed by atoms with E-state index in [1.807, 2.05) is 0 Å². The number of fused-ring (bicyclic) bond motifs is 2. The van der Waals surface area contributed by atoms with Crippen LogP contribution >= 0.6 is 12.6 Å². The second-order valence-corrected chi connectivity index (χ2v) is 7.09. The first-order valence-electron chi connectivity index (χ1n) is 6.60. The number of carbonyl (C=O) groups is 1. The van der Waals surface area contributed by atoms with Gasteiger partial charge in [0.2, 0.25) is 0 Å². The fourth-order valence-electron chi connectivity index (χ4n) is 4.31. The summed E-state index contributed by atoms with van der Waals surface area (Å²) in [6.07, 6.45) is 7.12. The zero-order valence-corrected chi connectivity index (χ0v) is 11.6. The van der Waals surface area contributed by atoms with E-state index in [1.54, 1.807) is 0 Å². The third-order valence-electron chi connectivity index (χ3n) is 5.92. The largest absolute Gasteiger partial charge is 0.288 e. The fraction of sp³-hybridized carbons (Fsp3) is 0.929. The van der Waals surface area contributed by atoms with Crippen molar-refractivity contribution >= 4 is 17.7 Å². The molecule has 2 fully saturated rings. The highest BCUT2D eigenvalue weighted by molar-refractivity contribution is 7.96. The maximum Gasteiger partial charge on any atom is 0.185 e. The van der Waals surface area contributed by atoms with E-state index < -0.39 is 0 Å². The van der Waals surface area contributed by atoms with E-state index in [0.717, 1.165) is 18.3 Å². The Morgan fingerprint density at radius 3 is 2.50 bits per heavy atom. The lowest BCUT2D eigenvalue weighted by Gasteiger charge is -2.39. The fourth-order valence-corrected chi connectivity index (χ4v) is 4.46. The lowest BCUT2D eigenvalue weighted by Crippen LogP contribution is -2.32. The third kappa shape index (κ3) is 1.73. The van der Waals surface area contributed by atoms with E-state index in [4.69, 9.17) is 0 Å². The predicted octanol–water partition coefficient (Wildman–Crippen LogP) is 4.08. The molecule has 0 saturated heterocycles. The van der Waals surface area contributed by atoms with Gasteiger partial charge in [0.25, 0.3) is 0 Å². The van der Waals surface area contributed by atoms with Crippen LogP contribution in [0.15, 0.2) is 0 Å². The van der Waals surface area contributed by atoms with Crippen LogP contribution in [0.5, 0.6) is 0 Å². The maximum atomic E-state index is 10.8. The zero-order valence-electron chi connectivity index (χ0n) is 10.8. The van der Waals surface area contributed by atoms with Crippen LogP contribution in [0.4, 0.5) is 0 Å². The summed E-state index contributed by atoms with van der Waals surface area (Å²) >= 11 is 3.84. The molecule has 92 valence electrons. The van der Waals surface area contributed by atoms with Crippen molar-refractivity contribution in [1.29, 1.82) is 0 Å². The van der Waals surface area contributed by atoms with Gasteiger partial charge < -0.3 is 0 Å². The predicted molar refractivity (Wildman–Crippen MR) is 70.6 cm³/mol. The van der Waals surface area contributed by atoms with Gasteiger partial charge in [-0.2, -0.15) is 0 Å². The van der Waals surface area contributed by atoms with E-state index in [-0.39, 0.29) is 5.12 Å². The lowest BCUT2D eigenvalue weighted by atomic mass is 9.65. The van der Waals surface area contributed by atoms with E-state index in [2.05, 4.69) is 33.4 Å². The zero-order chi connectivity index (χ0) is 12.0. The Labute approximate surface area is 105 Å². The first-order chi connectivity index (χ1) is 7.38. The van der Waals surface area contributed by atoms with Gasteiger partial charge >= 0.3 is 0 Å². The third-order valence-corrected chi connectivity index (χ3v) is 6.14. The van der Waals surface area contributed by atoms with Crippen LogP contribution in [-0.4, -0.2) is 5.12 Å². The van der Waals surface area contributed by atoms with Gasteiger partial charge in [0.05, 0.1) is 0 Å². The Bertz CT molecular complexity index is 297. The summed E-state index contributed by atoms with van der Waals surface area (Å²) in [5, 5.41) is 0.0487. The number of rotatable bonds is 4. The molecule has 1 nitrogen and oxygen atoms in total. The molecule has 0 amide bonds. The maximum absolute atomic E-state index is 10.8. The first-order valence-corrected chi connectivity index (χ1v) is 7.04. The van der Waals surface area contributed by atoms with Crippen LogP contribution in [0.1, 0.15) is 59.3 Å². The van der Waals surface area contributed by atoms with E-state index >= 15 is 0 Å². The van der Waals surface area contributed by atoms with Crippen LogP contribution in [0.25, 0.3) is 0 Å². The van der Waals surface area contributed by atoms with Gasteiger partial charge in [-0.25, -0.2) is 0 Å². The van der Waals surface area contributed by atoms with Crippen molar-refractivity contribution in [2.45, 2.75) is 59.3 Å². The Morgan fingerprint density at radius 1 is 1.38 bits per heavy atom. The molecule has 2 bridgehead atoms. The molecule has 2 rings (SSSR count). The molecule has 3 unspecified atom stereocenters. The first kappa shape index (κ1) is 12.5. The Morgan fingerprint density at radius 2 is 2.06 bits per heavy atom. The smallest absolute Gasteiger partial charge is 0.185 e. The molecule has 3 atom stereocenters. The number of thiol groups is 1. The highest BCUT2D eigenvalue weighted by Gasteiger charge is 2.60. The van der Waals surface area contributed by atoms with Crippen molar-refractivity contribution in [3.8, 4) is 0 Å². The van der Waals surface area contributed by atoms with Gasteiger partial charge in [-0.3, -0.25) is 4.79 Å². The van der Waals surface area contributed by atoms with Gasteiger partial charge in [0.15, 0.2) is 5.12 Å². The molecule has 0 aromatic heterocycles. The van der Waals surface area contributed by atoms with Gasteiger partial charge in [0, 0.05) is 6.42 Å². The molecule has 2 saturated carbocycles. The van der Waals surface area contributed by atoms with Crippen LogP contribution in [0.3, 0.4) is 0 Å². The highest BCUT2D eigenvalue weighted by atomic mass is 32.1. The molecule has 16 heavy (non-hydrogen) atoms. The van der Waals surface area contributed by atoms with Crippen LogP contribution in [0.2, 0.25) is 0 Å². The second kappa shape index (κ2) is 4.04. The summed E-state index contributed by atoms with van der Waals surface area (Å²) in [6.45, 7) is 7.38. The number of carbonyl (C=O) groups excluding carboxylic acids is 1. The molecule has 0 radical (unpaired) electrons. The average molecular weight is 240 g/mol. The van der Waals surface area contributed by atoms with Crippen molar-refractivity contribution in [3.05, 3.63) is 0 Å². The van der Waals surface area contributed by atoms with E-state index in [1.165, 1.54) is 25.7 Å². The molecule has 0 aromatic carbocycles. The summed E-state index contributed by atoms with van der Waals surface area (Å²) in [5.41, 5.74) is 1.04. The van der Waals surface area contributed by atoms with Crippen molar-refractivity contribution in [1.82, 2.24) is 0 Å². The van der Waals surface area contributed by atoms with Gasteiger partial charge in [-0.05, 0) is 54.8 Å². The van der Waals surface area contributed by atoms with E-state index in [9.17, 15) is 4.79 Å². The summed E-state index contributed by atoms with van der Waals surface area (Å²) in [7, 11) is 0. The van der Waals surface area contributed by atoms with Crippen molar-refractivity contribution in [2.75, 3.05) is 0 Å². The van der Waals surface area contributed by atoms with Crippen LogP contribution < -0.4 is 0 Å². The molecule has 0 aromatic rings. The van der Waals surface area contributed by atoms with Gasteiger partial charge in [0.1, 0.15) is 0 Å². The Hall–Kier alpha value is 0.0200. The van der Waals surface area contributed by atoms with Gasteiger partial charge in [-0.15, -0.1) is 12.6 Å². The summed E-state index contributed by atoms with van der Waals surface area (Å²) in [4.78, 5) is 10.8. The standard InChI is InChI=1S/C14H24OS/c1-13(2)10-7-8-14(13,3)11(9-10)5-4-6-12(15)16/h10-11H,4-9H2,1-3H3,(H,15,16). The van der Waals surface area contributed by atoms with Gasteiger partial charge in [-0.1, -0.05) is 20.8 Å². The highest BCUT2D eigenvalue weighted by Crippen LogP contribution is 2.68. The van der Waals surface area contributed by atoms with Crippen molar-refractivity contribution < 1.29 is 4.79 Å². The SMILES string of the molecule is CC1(C)C2CCC1(C)C(CCCC(=O)S)C2. The number of hydrogen-bond acceptors (Lipinski definition) is 1. The minimum absolute atomic E-state index is 0.0487. The average Bonchev–Trinajstić information content (AvgIpc) is 2.49. The summed E-state index contributed by atoms with van der Waals surface area (Å²) < 4.78 is 0.